The first kappa shape index (κ1) is 17.4. The molecule has 0 unspecified atom stereocenters. The Morgan fingerprint density at radius 2 is 2.11 bits per heavy atom. The highest BCUT2D eigenvalue weighted by Crippen LogP contribution is 2.36. The lowest BCUT2D eigenvalue weighted by Crippen LogP contribution is -2.63. The van der Waals surface area contributed by atoms with Gasteiger partial charge in [0.05, 0.1) is 24.0 Å². The number of piperidine rings is 1. The Morgan fingerprint density at radius 1 is 1.22 bits per heavy atom. The molecular weight excluding hydrogens is 358 g/mol. The molecular formula is C20H27N5OS. The number of carbonyl (C=O) groups excluding carboxylic acids is 1. The number of hydrogen-bond donors (Lipinski definition) is 1. The fourth-order valence-corrected chi connectivity index (χ4v) is 5.83. The van der Waals surface area contributed by atoms with E-state index in [0.717, 1.165) is 43.9 Å². The second-order valence-corrected chi connectivity index (χ2v) is 9.23. The van der Waals surface area contributed by atoms with Crippen LogP contribution in [0.4, 0.5) is 0 Å². The topological polar surface area (TPSA) is 65.1 Å². The summed E-state index contributed by atoms with van der Waals surface area (Å²) in [7, 11) is 0. The van der Waals surface area contributed by atoms with E-state index in [-0.39, 0.29) is 5.91 Å². The average Bonchev–Trinajstić information content (AvgIpc) is 3.38. The molecule has 0 radical (unpaired) electrons. The van der Waals surface area contributed by atoms with E-state index >= 15 is 0 Å². The molecule has 1 N–H and O–H groups in total. The number of hydrogen-bond acceptors (Lipinski definition) is 5. The summed E-state index contributed by atoms with van der Waals surface area (Å²) in [6.45, 7) is 3.77. The van der Waals surface area contributed by atoms with Gasteiger partial charge in [-0.3, -0.25) is 14.8 Å². The van der Waals surface area contributed by atoms with Crippen LogP contribution in [0.25, 0.3) is 0 Å². The third-order valence-corrected chi connectivity index (χ3v) is 7.42. The van der Waals surface area contributed by atoms with Crippen molar-refractivity contribution in [2.75, 3.05) is 19.6 Å². The second-order valence-electron chi connectivity index (χ2n) is 8.25. The largest absolute Gasteiger partial charge is 0.338 e. The van der Waals surface area contributed by atoms with E-state index in [0.29, 0.717) is 17.9 Å². The van der Waals surface area contributed by atoms with Crippen LogP contribution in [-0.2, 0) is 6.54 Å². The van der Waals surface area contributed by atoms with Crippen molar-refractivity contribution in [3.8, 4) is 0 Å². The fraction of sp³-hybridized carbons (Fsp3) is 0.650. The maximum absolute atomic E-state index is 13.2. The zero-order valence-electron chi connectivity index (χ0n) is 15.6. The van der Waals surface area contributed by atoms with Crippen molar-refractivity contribution in [1.82, 2.24) is 25.0 Å². The second kappa shape index (κ2) is 7.36. The number of rotatable bonds is 4. The molecule has 6 nitrogen and oxygen atoms in total. The average molecular weight is 386 g/mol. The SMILES string of the molecule is O=C(c1cn[nH]c1C1CCCCC1)N1CC[C@H]2[C@@H](C1)CN2Cc1nccs1. The fourth-order valence-electron chi connectivity index (χ4n) is 5.19. The highest BCUT2D eigenvalue weighted by atomic mass is 32.1. The number of amides is 1. The first-order chi connectivity index (χ1) is 13.3. The Morgan fingerprint density at radius 3 is 2.89 bits per heavy atom. The molecule has 27 heavy (non-hydrogen) atoms. The molecule has 2 atom stereocenters. The molecule has 0 bridgehead atoms. The lowest BCUT2D eigenvalue weighted by atomic mass is 9.82. The van der Waals surface area contributed by atoms with Crippen molar-refractivity contribution in [3.05, 3.63) is 34.0 Å². The number of H-pyrrole nitrogens is 1. The lowest BCUT2D eigenvalue weighted by molar-refractivity contribution is -0.0422. The minimum atomic E-state index is 0.182. The maximum atomic E-state index is 13.2. The van der Waals surface area contributed by atoms with E-state index in [4.69, 9.17) is 0 Å². The van der Waals surface area contributed by atoms with E-state index in [1.54, 1.807) is 17.5 Å². The highest BCUT2D eigenvalue weighted by Gasteiger charge is 2.44. The zero-order valence-corrected chi connectivity index (χ0v) is 16.5. The van der Waals surface area contributed by atoms with Gasteiger partial charge >= 0.3 is 0 Å². The van der Waals surface area contributed by atoms with Crippen LogP contribution >= 0.6 is 11.3 Å². The smallest absolute Gasteiger partial charge is 0.257 e. The van der Waals surface area contributed by atoms with Gasteiger partial charge < -0.3 is 4.90 Å². The molecule has 1 saturated carbocycles. The van der Waals surface area contributed by atoms with Crippen LogP contribution in [-0.4, -0.2) is 56.6 Å². The van der Waals surface area contributed by atoms with E-state index in [1.165, 1.54) is 37.1 Å². The molecule has 5 rings (SSSR count). The number of nitrogens with zero attached hydrogens (tertiary/aromatic N) is 4. The van der Waals surface area contributed by atoms with Crippen LogP contribution in [0.15, 0.2) is 17.8 Å². The standard InChI is InChI=1S/C20H27N5OS/c26-20(16-10-22-23-19(16)14-4-2-1-3-5-14)24-8-6-17-15(11-24)12-25(17)13-18-21-7-9-27-18/h7,9-10,14-15,17H,1-6,8,11-13H2,(H,22,23)/t15-,17-/m0/s1. The quantitative estimate of drug-likeness (QED) is 0.877. The van der Waals surface area contributed by atoms with Crippen molar-refractivity contribution in [2.45, 2.75) is 57.0 Å². The molecule has 3 fully saturated rings. The molecule has 2 aromatic heterocycles. The summed E-state index contributed by atoms with van der Waals surface area (Å²) in [5.74, 6) is 1.27. The van der Waals surface area contributed by atoms with E-state index < -0.39 is 0 Å². The van der Waals surface area contributed by atoms with E-state index in [2.05, 4.69) is 25.0 Å². The van der Waals surface area contributed by atoms with Gasteiger partial charge in [0.15, 0.2) is 0 Å². The van der Waals surface area contributed by atoms with E-state index in [9.17, 15) is 4.79 Å². The van der Waals surface area contributed by atoms with Crippen LogP contribution in [0.1, 0.15) is 65.5 Å². The molecule has 2 aliphatic heterocycles. The van der Waals surface area contributed by atoms with E-state index in [1.807, 2.05) is 11.6 Å². The Kier molecular flexibility index (Phi) is 4.73. The highest BCUT2D eigenvalue weighted by molar-refractivity contribution is 7.09. The van der Waals surface area contributed by atoms with Gasteiger partial charge in [0.1, 0.15) is 5.01 Å². The molecule has 1 aliphatic carbocycles. The van der Waals surface area contributed by atoms with Gasteiger partial charge in [-0.1, -0.05) is 19.3 Å². The Hall–Kier alpha value is -1.73. The van der Waals surface area contributed by atoms with Crippen molar-refractivity contribution in [3.63, 3.8) is 0 Å². The van der Waals surface area contributed by atoms with Crippen molar-refractivity contribution in [2.24, 2.45) is 5.92 Å². The van der Waals surface area contributed by atoms with Crippen molar-refractivity contribution < 1.29 is 4.79 Å². The summed E-state index contributed by atoms with van der Waals surface area (Å²) < 4.78 is 0. The number of thiazole rings is 1. The summed E-state index contributed by atoms with van der Waals surface area (Å²) in [6.07, 6.45) is 10.9. The number of nitrogens with one attached hydrogen (secondary N) is 1. The van der Waals surface area contributed by atoms with Crippen LogP contribution in [0, 0.1) is 5.92 Å². The molecule has 1 amide bonds. The van der Waals surface area contributed by atoms with Crippen LogP contribution < -0.4 is 0 Å². The molecule has 0 spiro atoms. The minimum Gasteiger partial charge on any atom is -0.338 e. The summed E-state index contributed by atoms with van der Waals surface area (Å²) in [5.41, 5.74) is 1.90. The van der Waals surface area contributed by atoms with Crippen LogP contribution in [0.5, 0.6) is 0 Å². The van der Waals surface area contributed by atoms with Crippen LogP contribution in [0.2, 0.25) is 0 Å². The molecule has 7 heteroatoms. The van der Waals surface area contributed by atoms with Gasteiger partial charge in [-0.15, -0.1) is 11.3 Å². The first-order valence-electron chi connectivity index (χ1n) is 10.2. The monoisotopic (exact) mass is 385 g/mol. The van der Waals surface area contributed by atoms with Gasteiger partial charge in [0.25, 0.3) is 5.91 Å². The predicted octanol–water partition coefficient (Wildman–Crippen LogP) is 3.26. The normalized spacial score (nSPS) is 26.6. The first-order valence-corrected chi connectivity index (χ1v) is 11.1. The summed E-state index contributed by atoms with van der Waals surface area (Å²) in [4.78, 5) is 22.2. The summed E-state index contributed by atoms with van der Waals surface area (Å²) >= 11 is 1.73. The van der Waals surface area contributed by atoms with Gasteiger partial charge in [-0.05, 0) is 19.3 Å². The lowest BCUT2D eigenvalue weighted by Gasteiger charge is -2.53. The molecule has 0 aromatic carbocycles. The Labute approximate surface area is 164 Å². The third-order valence-electron chi connectivity index (χ3n) is 6.65. The van der Waals surface area contributed by atoms with Gasteiger partial charge in [-0.2, -0.15) is 5.10 Å². The van der Waals surface area contributed by atoms with Crippen molar-refractivity contribution >= 4 is 17.2 Å². The van der Waals surface area contributed by atoms with Crippen molar-refractivity contribution in [1.29, 1.82) is 0 Å². The molecule has 2 aromatic rings. The summed E-state index contributed by atoms with van der Waals surface area (Å²) in [6, 6.07) is 0.611. The number of carbonyl (C=O) groups is 1. The van der Waals surface area contributed by atoms with Gasteiger partial charge in [0.2, 0.25) is 0 Å². The van der Waals surface area contributed by atoms with Gasteiger partial charge in [-0.25, -0.2) is 4.98 Å². The molecule has 3 aliphatic rings. The number of aromatic nitrogens is 3. The third kappa shape index (κ3) is 3.31. The maximum Gasteiger partial charge on any atom is 0.257 e. The number of likely N-dealkylation sites (tertiary alicyclic amines) is 2. The number of fused-ring (bicyclic) bond motifs is 1. The summed E-state index contributed by atoms with van der Waals surface area (Å²) in [5, 5.41) is 10.6. The molecule has 4 heterocycles. The number of aromatic amines is 1. The van der Waals surface area contributed by atoms with Gasteiger partial charge in [0, 0.05) is 49.1 Å². The van der Waals surface area contributed by atoms with Crippen LogP contribution in [0.3, 0.4) is 0 Å². The molecule has 144 valence electrons. The Bertz CT molecular complexity index is 782. The Balaban J connectivity index is 1.22. The molecule has 2 saturated heterocycles. The predicted molar refractivity (Wildman–Crippen MR) is 105 cm³/mol. The zero-order chi connectivity index (χ0) is 18.2. The minimum absolute atomic E-state index is 0.182.